The van der Waals surface area contributed by atoms with Gasteiger partial charge in [-0.3, -0.25) is 4.79 Å². The minimum Gasteiger partial charge on any atom is -0.497 e. The molecule has 0 saturated carbocycles. The van der Waals surface area contributed by atoms with Crippen molar-refractivity contribution < 1.29 is 28.2 Å². The molecular formula is C25H34N4O6S3. The molecule has 3 aromatic rings. The van der Waals surface area contributed by atoms with Gasteiger partial charge in [-0.2, -0.15) is 17.4 Å². The number of carbonyl (C=O) groups excluding carboxylic acids is 1. The van der Waals surface area contributed by atoms with Crippen LogP contribution in [0.5, 0.6) is 5.75 Å². The molecule has 0 aliphatic heterocycles. The fourth-order valence-electron chi connectivity index (χ4n) is 3.68. The van der Waals surface area contributed by atoms with Gasteiger partial charge in [-0.1, -0.05) is 18.2 Å². The molecule has 0 spiro atoms. The molecule has 0 unspecified atom stereocenters. The number of thiophene rings is 1. The number of thiazole rings is 1. The fourth-order valence-corrected chi connectivity index (χ4v) is 6.26. The summed E-state index contributed by atoms with van der Waals surface area (Å²) in [6, 6.07) is 10.8. The molecule has 208 valence electrons. The molecule has 1 aromatic carbocycles. The third kappa shape index (κ3) is 8.30. The Balaban J connectivity index is 1.73. The van der Waals surface area contributed by atoms with Gasteiger partial charge in [-0.05, 0) is 48.9 Å². The van der Waals surface area contributed by atoms with Gasteiger partial charge in [-0.25, -0.2) is 4.98 Å². The van der Waals surface area contributed by atoms with Crippen LogP contribution >= 0.6 is 22.7 Å². The maximum atomic E-state index is 13.4. The number of hydrogen-bond acceptors (Lipinski definition) is 9. The van der Waals surface area contributed by atoms with E-state index in [9.17, 15) is 18.3 Å². The first-order valence-corrected chi connectivity index (χ1v) is 15.2. The van der Waals surface area contributed by atoms with Crippen LogP contribution in [0.25, 0.3) is 0 Å². The second-order valence-corrected chi connectivity index (χ2v) is 12.8. The number of aryl methyl sites for hydroxylation is 2. The quantitative estimate of drug-likeness (QED) is 0.251. The lowest BCUT2D eigenvalue weighted by atomic mass is 10.1. The van der Waals surface area contributed by atoms with Gasteiger partial charge in [0.2, 0.25) is 0 Å². The molecule has 1 atom stereocenters. The fraction of sp³-hybridized carbons (Fsp3) is 0.440. The summed E-state index contributed by atoms with van der Waals surface area (Å²) < 4.78 is 33.4. The Morgan fingerprint density at radius 2 is 1.95 bits per heavy atom. The molecule has 38 heavy (non-hydrogen) atoms. The van der Waals surface area contributed by atoms with Crippen molar-refractivity contribution in [3.05, 3.63) is 67.8 Å². The van der Waals surface area contributed by atoms with Crippen molar-refractivity contribution in [2.75, 3.05) is 33.9 Å². The molecular weight excluding hydrogens is 548 g/mol. The number of aromatic nitrogens is 1. The molecule has 2 aromatic heterocycles. The Kier molecular flexibility index (Phi) is 11.2. The highest BCUT2D eigenvalue weighted by molar-refractivity contribution is 7.87. The number of nitrogens with zero attached hydrogens (tertiary/aromatic N) is 3. The summed E-state index contributed by atoms with van der Waals surface area (Å²) >= 11 is 3.05. The van der Waals surface area contributed by atoms with E-state index in [0.717, 1.165) is 22.0 Å². The molecule has 1 amide bonds. The standard InChI is InChI=1S/C25H34N4O6S3/c1-18-22(16-26-38(33,34)28(2)13-14-30)27-23(37-18)17-29(12-4-6-21-7-5-15-36-21)25(32)24(31)19-8-10-20(35-3)11-9-19/h5,7-11,15,24,26,30-31H,4,6,12-14,16-17H2,1-3H3/t24-/m1/s1. The highest BCUT2D eigenvalue weighted by atomic mass is 32.2. The van der Waals surface area contributed by atoms with Crippen LogP contribution in [0.1, 0.15) is 38.5 Å². The summed E-state index contributed by atoms with van der Waals surface area (Å²) in [4.78, 5) is 21.6. The maximum Gasteiger partial charge on any atom is 0.279 e. The zero-order valence-corrected chi connectivity index (χ0v) is 24.1. The minimum absolute atomic E-state index is 0.0127. The van der Waals surface area contributed by atoms with Crippen LogP contribution in [0.15, 0.2) is 41.8 Å². The molecule has 3 N–H and O–H groups in total. The van der Waals surface area contributed by atoms with Gasteiger partial charge in [0, 0.05) is 29.9 Å². The summed E-state index contributed by atoms with van der Waals surface area (Å²) in [6.07, 6.45) is 0.193. The van der Waals surface area contributed by atoms with E-state index < -0.39 is 22.2 Å². The summed E-state index contributed by atoms with van der Waals surface area (Å²) in [5, 5.41) is 22.5. The Hall–Kier alpha value is -2.39. The number of aliphatic hydroxyl groups is 2. The van der Waals surface area contributed by atoms with Crippen molar-refractivity contribution in [1.82, 2.24) is 18.9 Å². The maximum absolute atomic E-state index is 13.4. The zero-order valence-electron chi connectivity index (χ0n) is 21.7. The van der Waals surface area contributed by atoms with Crippen molar-refractivity contribution in [3.63, 3.8) is 0 Å². The lowest BCUT2D eigenvalue weighted by molar-refractivity contribution is -0.141. The predicted octanol–water partition coefficient (Wildman–Crippen LogP) is 2.48. The lowest BCUT2D eigenvalue weighted by Gasteiger charge is -2.24. The zero-order chi connectivity index (χ0) is 27.7. The van der Waals surface area contributed by atoms with Gasteiger partial charge in [0.1, 0.15) is 10.8 Å². The number of rotatable bonds is 15. The molecule has 0 bridgehead atoms. The Labute approximate surface area is 231 Å². The first kappa shape index (κ1) is 30.2. The van der Waals surface area contributed by atoms with E-state index in [4.69, 9.17) is 9.84 Å². The Morgan fingerprint density at radius 3 is 2.58 bits per heavy atom. The van der Waals surface area contributed by atoms with E-state index in [1.807, 2.05) is 18.4 Å². The van der Waals surface area contributed by atoms with E-state index in [-0.39, 0.29) is 26.2 Å². The molecule has 3 rings (SSSR count). The summed E-state index contributed by atoms with van der Waals surface area (Å²) in [6.45, 7) is 2.15. The SMILES string of the molecule is COc1ccc([C@@H](O)C(=O)N(CCCc2cccs2)Cc2nc(CNS(=O)(=O)N(C)CCO)c(C)s2)cc1. The van der Waals surface area contributed by atoms with Crippen LogP contribution < -0.4 is 9.46 Å². The number of aliphatic hydroxyl groups excluding tert-OH is 2. The van der Waals surface area contributed by atoms with Gasteiger partial charge < -0.3 is 19.8 Å². The smallest absolute Gasteiger partial charge is 0.279 e. The number of hydrogen-bond donors (Lipinski definition) is 3. The lowest BCUT2D eigenvalue weighted by Crippen LogP contribution is -2.39. The van der Waals surface area contributed by atoms with Gasteiger partial charge in [0.25, 0.3) is 16.1 Å². The van der Waals surface area contributed by atoms with Crippen LogP contribution in [-0.4, -0.2) is 72.6 Å². The Morgan fingerprint density at radius 1 is 1.21 bits per heavy atom. The topological polar surface area (TPSA) is 132 Å². The molecule has 0 fully saturated rings. The van der Waals surface area contributed by atoms with Crippen LogP contribution in [0.3, 0.4) is 0 Å². The second-order valence-electron chi connectivity index (χ2n) is 8.60. The number of methoxy groups -OCH3 is 1. The van der Waals surface area contributed by atoms with Crippen molar-refractivity contribution in [3.8, 4) is 5.75 Å². The first-order chi connectivity index (χ1) is 18.1. The third-order valence-corrected chi connectivity index (χ3v) is 9.37. The van der Waals surface area contributed by atoms with Crippen molar-refractivity contribution in [1.29, 1.82) is 0 Å². The summed E-state index contributed by atoms with van der Waals surface area (Å²) in [5.74, 6) is 0.201. The number of benzene rings is 1. The molecule has 0 saturated heterocycles. The monoisotopic (exact) mass is 582 g/mol. The van der Waals surface area contributed by atoms with Gasteiger partial charge in [-0.15, -0.1) is 22.7 Å². The minimum atomic E-state index is -3.76. The first-order valence-electron chi connectivity index (χ1n) is 12.0. The highest BCUT2D eigenvalue weighted by Crippen LogP contribution is 2.24. The molecule has 10 nitrogen and oxygen atoms in total. The third-order valence-electron chi connectivity index (χ3n) is 5.92. The average molecular weight is 583 g/mol. The van der Waals surface area contributed by atoms with E-state index in [1.54, 1.807) is 47.6 Å². The predicted molar refractivity (Wildman–Crippen MR) is 148 cm³/mol. The number of nitrogens with one attached hydrogen (secondary N) is 1. The van der Waals surface area contributed by atoms with Crippen molar-refractivity contribution >= 4 is 38.8 Å². The van der Waals surface area contributed by atoms with Gasteiger partial charge >= 0.3 is 0 Å². The van der Waals surface area contributed by atoms with E-state index in [1.165, 1.54) is 23.3 Å². The number of ether oxygens (including phenoxy) is 1. The Bertz CT molecular complexity index is 1260. The number of amides is 1. The molecule has 0 aliphatic carbocycles. The van der Waals surface area contributed by atoms with E-state index in [2.05, 4.69) is 15.8 Å². The van der Waals surface area contributed by atoms with E-state index in [0.29, 0.717) is 28.6 Å². The van der Waals surface area contributed by atoms with Crippen molar-refractivity contribution in [2.24, 2.45) is 0 Å². The van der Waals surface area contributed by atoms with Gasteiger partial charge in [0.15, 0.2) is 6.10 Å². The molecule has 0 aliphatic rings. The molecule has 0 radical (unpaired) electrons. The second kappa shape index (κ2) is 14.1. The van der Waals surface area contributed by atoms with Crippen LogP contribution in [0.4, 0.5) is 0 Å². The van der Waals surface area contributed by atoms with Gasteiger partial charge in [0.05, 0.1) is 32.5 Å². The average Bonchev–Trinajstić information content (AvgIpc) is 3.55. The molecule has 2 heterocycles. The highest BCUT2D eigenvalue weighted by Gasteiger charge is 2.25. The summed E-state index contributed by atoms with van der Waals surface area (Å²) in [7, 11) is -0.832. The van der Waals surface area contributed by atoms with Crippen LogP contribution in [-0.2, 0) is 34.5 Å². The number of carbonyl (C=O) groups is 1. The van der Waals surface area contributed by atoms with E-state index >= 15 is 0 Å². The number of likely N-dealkylation sites (N-methyl/N-ethyl adjacent to an activating group) is 1. The largest absolute Gasteiger partial charge is 0.497 e. The van der Waals surface area contributed by atoms with Crippen LogP contribution in [0.2, 0.25) is 0 Å². The summed E-state index contributed by atoms with van der Waals surface area (Å²) in [5.41, 5.74) is 1.03. The normalized spacial score (nSPS) is 12.6. The molecule has 13 heteroatoms. The van der Waals surface area contributed by atoms with Crippen molar-refractivity contribution in [2.45, 2.75) is 39.0 Å². The van der Waals surface area contributed by atoms with Crippen LogP contribution in [0, 0.1) is 6.92 Å².